The Bertz CT molecular complexity index is 2210. The lowest BCUT2D eigenvalue weighted by molar-refractivity contribution is 1.05. The number of pyridine rings is 2. The molecule has 0 amide bonds. The molecule has 0 atom stereocenters. The number of rotatable bonds is 0. The third kappa shape index (κ3) is 10.4. The first-order valence-electron chi connectivity index (χ1n) is 16.5. The van der Waals surface area contributed by atoms with Gasteiger partial charge in [-0.1, -0.05) is 36.4 Å². The van der Waals surface area contributed by atoms with Crippen LogP contribution in [0.5, 0.6) is 0 Å². The van der Waals surface area contributed by atoms with Crippen molar-refractivity contribution in [1.82, 2.24) is 30.4 Å². The van der Waals surface area contributed by atoms with Crippen LogP contribution >= 0.6 is 68.0 Å². The summed E-state index contributed by atoms with van der Waals surface area (Å²) in [6.45, 7) is 0. The monoisotopic (exact) mass is 810 g/mol. The van der Waals surface area contributed by atoms with Crippen molar-refractivity contribution in [2.24, 2.45) is 0 Å². The minimum atomic E-state index is 1.01. The third-order valence-corrected chi connectivity index (χ3v) is 12.8. The molecular weight excluding hydrogens is 781 g/mol. The van der Waals surface area contributed by atoms with Crippen LogP contribution < -0.4 is 0 Å². The van der Waals surface area contributed by atoms with E-state index in [2.05, 4.69) is 125 Å². The maximum atomic E-state index is 4.00. The molecule has 0 aliphatic carbocycles. The summed E-state index contributed by atoms with van der Waals surface area (Å²) in [6.07, 6.45) is 12.7. The maximum Gasteiger partial charge on any atom is 0.146 e. The molecule has 12 heteroatoms. The minimum Gasteiger partial charge on any atom is -0.264 e. The highest BCUT2D eigenvalue weighted by molar-refractivity contribution is 7.18. The fourth-order valence-electron chi connectivity index (χ4n) is 4.87. The molecule has 0 saturated carbocycles. The van der Waals surface area contributed by atoms with E-state index < -0.39 is 0 Å². The normalized spacial score (nSPS) is 10.2. The van der Waals surface area contributed by atoms with Gasteiger partial charge in [0, 0.05) is 55.0 Å². The van der Waals surface area contributed by atoms with Gasteiger partial charge in [-0.15, -0.1) is 73.1 Å². The molecule has 0 saturated heterocycles. The van der Waals surface area contributed by atoms with Gasteiger partial charge in [-0.25, -0.2) is 0 Å². The molecule has 0 radical (unpaired) electrons. The van der Waals surface area contributed by atoms with Gasteiger partial charge in [0.25, 0.3) is 0 Å². The fraction of sp³-hybridized carbons (Fsp3) is 0. The fourth-order valence-corrected chi connectivity index (χ4v) is 9.40. The van der Waals surface area contributed by atoms with Crippen LogP contribution in [0.1, 0.15) is 0 Å². The van der Waals surface area contributed by atoms with Gasteiger partial charge >= 0.3 is 0 Å². The van der Waals surface area contributed by atoms with Crippen molar-refractivity contribution in [2.45, 2.75) is 0 Å². The lowest BCUT2D eigenvalue weighted by Gasteiger charge is -1.82. The van der Waals surface area contributed by atoms with E-state index in [-0.39, 0.29) is 0 Å². The summed E-state index contributed by atoms with van der Waals surface area (Å²) in [5.41, 5.74) is 0. The molecule has 2 aromatic carbocycles. The van der Waals surface area contributed by atoms with E-state index in [4.69, 9.17) is 0 Å². The van der Waals surface area contributed by atoms with Gasteiger partial charge in [-0.3, -0.25) is 9.97 Å². The predicted molar refractivity (Wildman–Crippen MR) is 238 cm³/mol. The first kappa shape index (κ1) is 37.0. The maximum absolute atomic E-state index is 4.00. The number of thiophene rings is 6. The first-order chi connectivity index (χ1) is 26.8. The number of hydrogen-bond donors (Lipinski definition) is 0. The van der Waals surface area contributed by atoms with Gasteiger partial charge in [0.1, 0.15) is 4.83 Å². The van der Waals surface area contributed by atoms with Gasteiger partial charge < -0.3 is 0 Å². The topological polar surface area (TPSA) is 77.3 Å². The molecule has 12 aromatic rings. The zero-order valence-corrected chi connectivity index (χ0v) is 33.4. The van der Waals surface area contributed by atoms with Gasteiger partial charge in [-0.05, 0) is 115 Å². The number of aromatic nitrogens is 6. The quantitative estimate of drug-likeness (QED) is 0.152. The third-order valence-electron chi connectivity index (χ3n) is 7.54. The molecule has 0 N–H and O–H groups in total. The van der Waals surface area contributed by atoms with Gasteiger partial charge in [0.2, 0.25) is 0 Å². The molecule has 10 aromatic heterocycles. The molecule has 0 aliphatic rings. The molecule has 12 rings (SSSR count). The smallest absolute Gasteiger partial charge is 0.146 e. The molecule has 0 spiro atoms. The molecule has 6 nitrogen and oxygen atoms in total. The highest BCUT2D eigenvalue weighted by atomic mass is 32.1. The summed E-state index contributed by atoms with van der Waals surface area (Å²) >= 11 is 10.3. The second-order valence-corrected chi connectivity index (χ2v) is 16.7. The summed E-state index contributed by atoms with van der Waals surface area (Å²) in [4.78, 5) is 9.00. The van der Waals surface area contributed by atoms with E-state index in [1.807, 2.05) is 65.9 Å². The van der Waals surface area contributed by atoms with Crippen molar-refractivity contribution < 1.29 is 0 Å². The van der Waals surface area contributed by atoms with Crippen LogP contribution in [0.25, 0.3) is 60.6 Å². The van der Waals surface area contributed by atoms with Crippen molar-refractivity contribution in [3.05, 3.63) is 179 Å². The lowest BCUT2D eigenvalue weighted by Crippen LogP contribution is -1.73. The first-order valence-corrected chi connectivity index (χ1v) is 21.8. The SMILES string of the molecule is c1cc2ccsc2cn1.c1cc2ccsc2nn1.c1cc2cnncc2s1.c1cc2sccc2cn1.c1ccc2sccc2c1.c1ccc2sccc2c1. The van der Waals surface area contributed by atoms with E-state index in [1.54, 1.807) is 86.6 Å². The Kier molecular flexibility index (Phi) is 13.5. The van der Waals surface area contributed by atoms with Crippen LogP contribution in [-0.4, -0.2) is 30.4 Å². The number of nitrogens with zero attached hydrogens (tertiary/aromatic N) is 6. The van der Waals surface area contributed by atoms with Crippen LogP contribution in [-0.2, 0) is 0 Å². The summed E-state index contributed by atoms with van der Waals surface area (Å²) in [6, 6.07) is 35.3. The summed E-state index contributed by atoms with van der Waals surface area (Å²) in [5, 5.41) is 35.2. The molecule has 0 aliphatic heterocycles. The number of benzene rings is 2. The molecule has 0 fully saturated rings. The minimum absolute atomic E-state index is 1.01. The zero-order chi connectivity index (χ0) is 36.6. The zero-order valence-electron chi connectivity index (χ0n) is 28.5. The molecule has 0 bridgehead atoms. The Hall–Kier alpha value is -5.34. The van der Waals surface area contributed by atoms with Crippen LogP contribution in [0.4, 0.5) is 0 Å². The number of hydrogen-bond acceptors (Lipinski definition) is 12. The van der Waals surface area contributed by atoms with Gasteiger partial charge in [0.05, 0.1) is 28.0 Å². The van der Waals surface area contributed by atoms with E-state index >= 15 is 0 Å². The van der Waals surface area contributed by atoms with Gasteiger partial charge in [0.15, 0.2) is 0 Å². The average Bonchev–Trinajstić information content (AvgIpc) is 4.09. The van der Waals surface area contributed by atoms with Crippen molar-refractivity contribution in [1.29, 1.82) is 0 Å². The standard InChI is InChI=1S/2C8H6S.2C7H5NS.2C6H4N2S/c2*1-2-4-8-7(3-1)5-6-9-8;1-3-8-5-6-2-4-9-7(1)6;1-3-8-5-7-6(1)2-4-9-7;1-3-7-8-6-5(1)2-4-9-6;1-2-9-6-4-8-7-3-5(1)6/h2*1-6H;2*1-5H;2*1-4H. The van der Waals surface area contributed by atoms with E-state index in [0.29, 0.717) is 0 Å². The van der Waals surface area contributed by atoms with E-state index in [0.717, 1.165) is 4.83 Å². The largest absolute Gasteiger partial charge is 0.264 e. The molecule has 10 heterocycles. The molecule has 0 unspecified atom stereocenters. The highest BCUT2D eigenvalue weighted by Crippen LogP contribution is 2.21. The van der Waals surface area contributed by atoms with Crippen LogP contribution in [0.3, 0.4) is 0 Å². The Morgan fingerprint density at radius 1 is 0.296 bits per heavy atom. The number of fused-ring (bicyclic) bond motifs is 6. The van der Waals surface area contributed by atoms with Crippen LogP contribution in [0.2, 0.25) is 0 Å². The summed E-state index contributed by atoms with van der Waals surface area (Å²) < 4.78 is 6.52. The molecular formula is C42H30N6S6. The Morgan fingerprint density at radius 3 is 1.37 bits per heavy atom. The molecule has 264 valence electrons. The highest BCUT2D eigenvalue weighted by Gasteiger charge is 1.93. The second kappa shape index (κ2) is 19.7. The average molecular weight is 811 g/mol. The lowest BCUT2D eigenvalue weighted by atomic mass is 10.3. The van der Waals surface area contributed by atoms with Crippen molar-refractivity contribution >= 4 is 129 Å². The summed E-state index contributed by atoms with van der Waals surface area (Å²) in [7, 11) is 0. The predicted octanol–water partition coefficient (Wildman–Crippen LogP) is 13.8. The Labute approximate surface area is 335 Å². The van der Waals surface area contributed by atoms with E-state index in [1.165, 1.54) is 55.8 Å². The Morgan fingerprint density at radius 2 is 0.759 bits per heavy atom. The van der Waals surface area contributed by atoms with Crippen LogP contribution in [0.15, 0.2) is 179 Å². The van der Waals surface area contributed by atoms with Crippen molar-refractivity contribution in [2.75, 3.05) is 0 Å². The van der Waals surface area contributed by atoms with Gasteiger partial charge in [-0.2, -0.15) is 15.3 Å². The molecule has 54 heavy (non-hydrogen) atoms. The van der Waals surface area contributed by atoms with Crippen LogP contribution in [0, 0.1) is 0 Å². The van der Waals surface area contributed by atoms with Crippen molar-refractivity contribution in [3.8, 4) is 0 Å². The summed E-state index contributed by atoms with van der Waals surface area (Å²) in [5.74, 6) is 0. The Balaban J connectivity index is 0.0000001000. The second-order valence-electron chi connectivity index (χ2n) is 11.0. The van der Waals surface area contributed by atoms with Crippen molar-refractivity contribution in [3.63, 3.8) is 0 Å². The van der Waals surface area contributed by atoms with E-state index in [9.17, 15) is 0 Å².